The van der Waals surface area contributed by atoms with Gasteiger partial charge in [0.2, 0.25) is 0 Å². The predicted octanol–water partition coefficient (Wildman–Crippen LogP) is -3.71. The lowest BCUT2D eigenvalue weighted by atomic mass is 9.98. The molecule has 4 heteroatoms. The van der Waals surface area contributed by atoms with E-state index in [9.17, 15) is 0 Å². The average Bonchev–Trinajstić information content (AvgIpc) is 2.39. The van der Waals surface area contributed by atoms with Gasteiger partial charge in [-0.1, -0.05) is 0 Å². The lowest BCUT2D eigenvalue weighted by Gasteiger charge is -2.07. The first-order valence-electron chi connectivity index (χ1n) is 6.17. The molecule has 2 nitrogen and oxygen atoms in total. The molecule has 2 heterocycles. The molecule has 2 rings (SSSR count). The molecule has 2 aromatic rings. The van der Waals surface area contributed by atoms with Crippen LogP contribution in [0.3, 0.4) is 0 Å². The van der Waals surface area contributed by atoms with Gasteiger partial charge in [-0.3, -0.25) is 0 Å². The molecule has 0 aliphatic carbocycles. The van der Waals surface area contributed by atoms with Crippen LogP contribution in [0.15, 0.2) is 49.1 Å². The molecule has 0 spiro atoms. The van der Waals surface area contributed by atoms with Crippen molar-refractivity contribution in [2.45, 2.75) is 13.8 Å². The zero-order valence-corrected chi connectivity index (χ0v) is 16.6. The van der Waals surface area contributed by atoms with Crippen molar-refractivity contribution in [3.63, 3.8) is 0 Å². The molecule has 0 N–H and O–H groups in total. The normalized spacial score (nSPS) is 11.0. The third kappa shape index (κ3) is 4.80. The third-order valence-electron chi connectivity index (χ3n) is 3.39. The van der Waals surface area contributed by atoms with Crippen molar-refractivity contribution in [1.29, 1.82) is 0 Å². The van der Waals surface area contributed by atoms with Gasteiger partial charge >= 0.3 is 0 Å². The van der Waals surface area contributed by atoms with E-state index in [1.807, 2.05) is 14.1 Å². The summed E-state index contributed by atoms with van der Waals surface area (Å²) in [4.78, 5) is 0. The number of pyridine rings is 2. The van der Waals surface area contributed by atoms with Gasteiger partial charge in [0, 0.05) is 24.3 Å². The van der Waals surface area contributed by atoms with E-state index in [4.69, 9.17) is 0 Å². The molecule has 0 unspecified atom stereocenters. The fourth-order valence-electron chi connectivity index (χ4n) is 1.93. The highest BCUT2D eigenvalue weighted by molar-refractivity contribution is 5.88. The highest BCUT2D eigenvalue weighted by Crippen LogP contribution is 2.24. The SMILES string of the molecule is C/C(=C(/C)c1cc[n+](C)cc1)c1cc[n+](C)cc1.[I-].[I-]. The maximum absolute atomic E-state index is 2.18. The molecular weight excluding hydrogens is 474 g/mol. The van der Waals surface area contributed by atoms with Crippen molar-refractivity contribution < 1.29 is 57.1 Å². The minimum absolute atomic E-state index is 0. The molecule has 0 radical (unpaired) electrons. The Balaban J connectivity index is 0.00000180. The highest BCUT2D eigenvalue weighted by atomic mass is 127. The van der Waals surface area contributed by atoms with Crippen LogP contribution in [0, 0.1) is 0 Å². The number of allylic oxidation sites excluding steroid dienone is 2. The van der Waals surface area contributed by atoms with Crippen molar-refractivity contribution in [2.75, 3.05) is 0 Å². The second-order valence-corrected chi connectivity index (χ2v) is 4.75. The van der Waals surface area contributed by atoms with Crippen LogP contribution in [-0.4, -0.2) is 0 Å². The molecular formula is C16H20I2N2. The molecule has 2 aromatic heterocycles. The van der Waals surface area contributed by atoms with E-state index in [2.05, 4.69) is 72.0 Å². The largest absolute Gasteiger partial charge is 1.00 e. The van der Waals surface area contributed by atoms with E-state index in [0.29, 0.717) is 0 Å². The van der Waals surface area contributed by atoms with Crippen molar-refractivity contribution >= 4 is 11.1 Å². The molecule has 0 saturated heterocycles. The number of halogens is 2. The minimum atomic E-state index is 0. The van der Waals surface area contributed by atoms with Gasteiger partial charge in [-0.05, 0) is 36.1 Å². The van der Waals surface area contributed by atoms with Crippen LogP contribution in [-0.2, 0) is 14.1 Å². The van der Waals surface area contributed by atoms with Crippen molar-refractivity contribution in [3.8, 4) is 0 Å². The van der Waals surface area contributed by atoms with Gasteiger partial charge in [0.1, 0.15) is 14.1 Å². The van der Waals surface area contributed by atoms with Gasteiger partial charge in [0.25, 0.3) is 0 Å². The minimum Gasteiger partial charge on any atom is -1.00 e. The molecule has 0 aliphatic heterocycles. The maximum atomic E-state index is 2.18. The zero-order chi connectivity index (χ0) is 13.1. The summed E-state index contributed by atoms with van der Waals surface area (Å²) in [6.07, 6.45) is 8.32. The summed E-state index contributed by atoms with van der Waals surface area (Å²) in [6, 6.07) is 8.62. The predicted molar refractivity (Wildman–Crippen MR) is 73.4 cm³/mol. The van der Waals surface area contributed by atoms with Crippen LogP contribution < -0.4 is 57.1 Å². The monoisotopic (exact) mass is 494 g/mol. The Morgan fingerprint density at radius 1 is 0.650 bits per heavy atom. The molecule has 0 atom stereocenters. The van der Waals surface area contributed by atoms with Crippen LogP contribution in [0.2, 0.25) is 0 Å². The molecule has 0 aromatic carbocycles. The molecule has 0 amide bonds. The first-order valence-corrected chi connectivity index (χ1v) is 6.17. The summed E-state index contributed by atoms with van der Waals surface area (Å²) in [5.74, 6) is 0. The standard InChI is InChI=1S/C16H20N2.2HI/c1-13(15-5-9-17(3)10-6-15)14(2)16-7-11-18(4)12-8-16;;/h5-12H,1-4H3;2*1H/q+2;;/p-2/b14-13+;;. The molecule has 0 saturated carbocycles. The van der Waals surface area contributed by atoms with Crippen molar-refractivity contribution in [1.82, 2.24) is 0 Å². The number of aryl methyl sites for hydroxylation is 2. The number of nitrogens with zero attached hydrogens (tertiary/aromatic N) is 2. The van der Waals surface area contributed by atoms with Crippen molar-refractivity contribution in [3.05, 3.63) is 60.2 Å². The van der Waals surface area contributed by atoms with Crippen molar-refractivity contribution in [2.24, 2.45) is 14.1 Å². The summed E-state index contributed by atoms with van der Waals surface area (Å²) in [7, 11) is 4.07. The van der Waals surface area contributed by atoms with Gasteiger partial charge < -0.3 is 48.0 Å². The first kappa shape index (κ1) is 19.5. The van der Waals surface area contributed by atoms with Crippen LogP contribution in [0.1, 0.15) is 25.0 Å². The van der Waals surface area contributed by atoms with Gasteiger partial charge in [0.15, 0.2) is 24.8 Å². The quantitative estimate of drug-likeness (QED) is 0.300. The average molecular weight is 494 g/mol. The summed E-state index contributed by atoms with van der Waals surface area (Å²) in [6.45, 7) is 4.36. The zero-order valence-electron chi connectivity index (χ0n) is 12.3. The summed E-state index contributed by atoms with van der Waals surface area (Å²) >= 11 is 0. The number of aromatic nitrogens is 2. The first-order chi connectivity index (χ1) is 8.58. The van der Waals surface area contributed by atoms with E-state index in [1.165, 1.54) is 22.3 Å². The topological polar surface area (TPSA) is 7.76 Å². The van der Waals surface area contributed by atoms with E-state index in [1.54, 1.807) is 0 Å². The smallest absolute Gasteiger partial charge is 0.169 e. The van der Waals surface area contributed by atoms with E-state index < -0.39 is 0 Å². The number of rotatable bonds is 2. The second kappa shape index (κ2) is 8.71. The van der Waals surface area contributed by atoms with Crippen LogP contribution in [0.4, 0.5) is 0 Å². The van der Waals surface area contributed by atoms with Gasteiger partial charge in [-0.2, -0.15) is 0 Å². The summed E-state index contributed by atoms with van der Waals surface area (Å²) in [5.41, 5.74) is 5.20. The van der Waals surface area contributed by atoms with Gasteiger partial charge in [-0.25, -0.2) is 9.13 Å². The second-order valence-electron chi connectivity index (χ2n) is 4.75. The fourth-order valence-corrected chi connectivity index (χ4v) is 1.93. The Morgan fingerprint density at radius 2 is 0.900 bits per heavy atom. The summed E-state index contributed by atoms with van der Waals surface area (Å²) < 4.78 is 4.10. The van der Waals surface area contributed by atoms with E-state index in [0.717, 1.165) is 0 Å². The lowest BCUT2D eigenvalue weighted by molar-refractivity contribution is -0.671. The lowest BCUT2D eigenvalue weighted by Crippen LogP contribution is -3.00. The van der Waals surface area contributed by atoms with E-state index >= 15 is 0 Å². The summed E-state index contributed by atoms with van der Waals surface area (Å²) in [5, 5.41) is 0. The Kier molecular flexibility index (Phi) is 8.50. The van der Waals surface area contributed by atoms with Crippen LogP contribution in [0.25, 0.3) is 11.1 Å². The Hall–Kier alpha value is -0.500. The highest BCUT2D eigenvalue weighted by Gasteiger charge is 2.05. The van der Waals surface area contributed by atoms with Gasteiger partial charge in [0.05, 0.1) is 0 Å². The molecule has 20 heavy (non-hydrogen) atoms. The fraction of sp³-hybridized carbons (Fsp3) is 0.250. The molecule has 0 aliphatic rings. The molecule has 0 bridgehead atoms. The third-order valence-corrected chi connectivity index (χ3v) is 3.39. The van der Waals surface area contributed by atoms with E-state index in [-0.39, 0.29) is 48.0 Å². The Bertz CT molecular complexity index is 519. The van der Waals surface area contributed by atoms with Crippen LogP contribution >= 0.6 is 0 Å². The molecule has 0 fully saturated rings. The maximum Gasteiger partial charge on any atom is 0.169 e. The van der Waals surface area contributed by atoms with Crippen LogP contribution in [0.5, 0.6) is 0 Å². The Morgan fingerprint density at radius 3 is 1.15 bits per heavy atom. The number of hydrogen-bond acceptors (Lipinski definition) is 0. The Labute approximate surface area is 155 Å². The van der Waals surface area contributed by atoms with Gasteiger partial charge in [-0.15, -0.1) is 0 Å². The number of hydrogen-bond donors (Lipinski definition) is 0. The molecule has 108 valence electrons.